The monoisotopic (exact) mass is 508 g/mol. The van der Waals surface area contributed by atoms with Crippen molar-refractivity contribution in [1.29, 1.82) is 0 Å². The van der Waals surface area contributed by atoms with Gasteiger partial charge in [-0.15, -0.1) is 0 Å². The van der Waals surface area contributed by atoms with E-state index in [0.717, 1.165) is 37.7 Å². The molecule has 7 heteroatoms. The highest BCUT2D eigenvalue weighted by atomic mass is 35.5. The molecule has 1 N–H and O–H groups in total. The van der Waals surface area contributed by atoms with Crippen LogP contribution in [0.3, 0.4) is 0 Å². The summed E-state index contributed by atoms with van der Waals surface area (Å²) < 4.78 is 20.9. The molecule has 2 heterocycles. The molecule has 4 rings (SSSR count). The largest absolute Gasteiger partial charge is 0.497 e. The fourth-order valence-corrected chi connectivity index (χ4v) is 7.09. The highest BCUT2D eigenvalue weighted by molar-refractivity contribution is 7.99. The quantitative estimate of drug-likeness (QED) is 0.337. The minimum absolute atomic E-state index is 0.115. The van der Waals surface area contributed by atoms with Crippen LogP contribution >= 0.6 is 23.4 Å². The van der Waals surface area contributed by atoms with Crippen LogP contribution in [-0.4, -0.2) is 59.3 Å². The fourth-order valence-electron chi connectivity index (χ4n) is 5.52. The van der Waals surface area contributed by atoms with Crippen molar-refractivity contribution in [3.05, 3.63) is 35.0 Å². The van der Waals surface area contributed by atoms with Crippen molar-refractivity contribution in [2.24, 2.45) is 5.41 Å². The maximum absolute atomic E-state index is 15.6. The van der Waals surface area contributed by atoms with Crippen LogP contribution < -0.4 is 4.74 Å². The van der Waals surface area contributed by atoms with Crippen LogP contribution in [0.25, 0.3) is 10.9 Å². The van der Waals surface area contributed by atoms with Gasteiger partial charge in [-0.25, -0.2) is 4.39 Å². The fraction of sp³-hybridized carbons (Fsp3) is 0.667. The Kier molecular flexibility index (Phi) is 9.36. The lowest BCUT2D eigenvalue weighted by atomic mass is 9.74. The van der Waals surface area contributed by atoms with Gasteiger partial charge in [-0.2, -0.15) is 11.8 Å². The lowest BCUT2D eigenvalue weighted by Gasteiger charge is -2.41. The standard InChI is InChI=1S/C27H38ClFN2O2S/c1-33-20-7-8-25-22(17-20)26(23(28)18-30-25)24(29)9-10-27(19-32)11-14-31(15-12-27)13-4-16-34-21-5-2-3-6-21/h7-8,17-18,21,24,32H,2-6,9-16,19H2,1H3. The lowest BCUT2D eigenvalue weighted by Crippen LogP contribution is -2.42. The summed E-state index contributed by atoms with van der Waals surface area (Å²) >= 11 is 8.56. The predicted molar refractivity (Wildman–Crippen MR) is 141 cm³/mol. The number of nitrogens with zero attached hydrogens (tertiary/aromatic N) is 2. The van der Waals surface area contributed by atoms with Crippen LogP contribution in [0.1, 0.15) is 69.5 Å². The Labute approximate surface area is 212 Å². The normalized spacial score (nSPS) is 20.1. The summed E-state index contributed by atoms with van der Waals surface area (Å²) in [4.78, 5) is 6.86. The van der Waals surface area contributed by atoms with Gasteiger partial charge in [0, 0.05) is 29.0 Å². The molecule has 0 radical (unpaired) electrons. The Bertz CT molecular complexity index is 932. The number of ether oxygens (including phenoxy) is 1. The molecule has 1 aliphatic heterocycles. The first-order valence-electron chi connectivity index (χ1n) is 12.7. The van der Waals surface area contributed by atoms with Crippen molar-refractivity contribution in [2.45, 2.75) is 69.2 Å². The number of aliphatic hydroxyl groups excluding tert-OH is 1. The van der Waals surface area contributed by atoms with Gasteiger partial charge in [0.2, 0.25) is 0 Å². The number of halogens is 2. The van der Waals surface area contributed by atoms with Gasteiger partial charge >= 0.3 is 0 Å². The van der Waals surface area contributed by atoms with Gasteiger partial charge in [0.1, 0.15) is 11.9 Å². The number of likely N-dealkylation sites (tertiary alicyclic amines) is 1. The molecule has 188 valence electrons. The van der Waals surface area contributed by atoms with Crippen LogP contribution in [-0.2, 0) is 0 Å². The third kappa shape index (κ3) is 6.37. The average molecular weight is 509 g/mol. The van der Waals surface area contributed by atoms with Crippen molar-refractivity contribution in [3.8, 4) is 5.75 Å². The average Bonchev–Trinajstić information content (AvgIpc) is 3.39. The van der Waals surface area contributed by atoms with Gasteiger partial charge in [-0.05, 0) is 93.9 Å². The summed E-state index contributed by atoms with van der Waals surface area (Å²) in [5.41, 5.74) is 0.988. The van der Waals surface area contributed by atoms with Gasteiger partial charge in [0.05, 0.1) is 17.6 Å². The number of fused-ring (bicyclic) bond motifs is 1. The number of pyridine rings is 1. The van der Waals surface area contributed by atoms with E-state index in [1.165, 1.54) is 44.1 Å². The van der Waals surface area contributed by atoms with E-state index >= 15 is 4.39 Å². The van der Waals surface area contributed by atoms with Crippen molar-refractivity contribution >= 4 is 34.3 Å². The third-order valence-corrected chi connectivity index (χ3v) is 9.60. The zero-order chi connectivity index (χ0) is 24.0. The van der Waals surface area contributed by atoms with Gasteiger partial charge in [-0.3, -0.25) is 4.98 Å². The van der Waals surface area contributed by atoms with Crippen LogP contribution in [0.5, 0.6) is 5.75 Å². The molecule has 2 aliphatic rings. The van der Waals surface area contributed by atoms with Crippen LogP contribution in [0.15, 0.2) is 24.4 Å². The summed E-state index contributed by atoms with van der Waals surface area (Å²) in [6.07, 6.45) is 10.0. The first-order chi connectivity index (χ1) is 16.5. The number of rotatable bonds is 11. The second-order valence-electron chi connectivity index (χ2n) is 10.0. The van der Waals surface area contributed by atoms with Crippen LogP contribution in [0, 0.1) is 5.41 Å². The van der Waals surface area contributed by atoms with E-state index < -0.39 is 6.17 Å². The summed E-state index contributed by atoms with van der Waals surface area (Å²) in [7, 11) is 1.59. The molecule has 1 saturated heterocycles. The number of aromatic nitrogens is 1. The summed E-state index contributed by atoms with van der Waals surface area (Å²) in [5.74, 6) is 1.91. The Hall–Kier alpha value is -1.08. The summed E-state index contributed by atoms with van der Waals surface area (Å²) in [6.45, 7) is 3.22. The van der Waals surface area contributed by atoms with Crippen molar-refractivity contribution in [2.75, 3.05) is 39.1 Å². The van der Waals surface area contributed by atoms with Crippen LogP contribution in [0.4, 0.5) is 4.39 Å². The molecule has 1 unspecified atom stereocenters. The zero-order valence-electron chi connectivity index (χ0n) is 20.3. The first kappa shape index (κ1) is 26.0. The Balaban J connectivity index is 1.30. The van der Waals surface area contributed by atoms with E-state index in [9.17, 15) is 5.11 Å². The number of hydrogen-bond donors (Lipinski definition) is 1. The maximum Gasteiger partial charge on any atom is 0.127 e. The van der Waals surface area contributed by atoms with E-state index in [2.05, 4.69) is 21.6 Å². The number of thioether (sulfide) groups is 1. The molecule has 4 nitrogen and oxygen atoms in total. The number of hydrogen-bond acceptors (Lipinski definition) is 5. The molecule has 2 aromatic rings. The first-order valence-corrected chi connectivity index (χ1v) is 14.2. The number of alkyl halides is 1. The molecular weight excluding hydrogens is 471 g/mol. The lowest BCUT2D eigenvalue weighted by molar-refractivity contribution is 0.0304. The van der Waals surface area contributed by atoms with E-state index in [1.54, 1.807) is 13.2 Å². The molecule has 1 aromatic heterocycles. The molecule has 1 aromatic carbocycles. The molecule has 0 spiro atoms. The number of aliphatic hydroxyl groups is 1. The molecule has 34 heavy (non-hydrogen) atoms. The number of methoxy groups -OCH3 is 1. The Morgan fingerprint density at radius 2 is 2.06 bits per heavy atom. The van der Waals surface area contributed by atoms with E-state index in [1.807, 2.05) is 12.1 Å². The maximum atomic E-state index is 15.6. The molecule has 0 amide bonds. The van der Waals surface area contributed by atoms with E-state index in [4.69, 9.17) is 16.3 Å². The predicted octanol–water partition coefficient (Wildman–Crippen LogP) is 6.83. The second kappa shape index (κ2) is 12.2. The molecule has 1 aliphatic carbocycles. The van der Waals surface area contributed by atoms with Gasteiger partial charge in [-0.1, -0.05) is 24.4 Å². The van der Waals surface area contributed by atoms with Gasteiger partial charge in [0.15, 0.2) is 0 Å². The van der Waals surface area contributed by atoms with Crippen molar-refractivity contribution < 1.29 is 14.2 Å². The molecule has 2 fully saturated rings. The highest BCUT2D eigenvalue weighted by Crippen LogP contribution is 2.42. The minimum Gasteiger partial charge on any atom is -0.497 e. The SMILES string of the molecule is COc1ccc2ncc(Cl)c(C(F)CCC3(CO)CCN(CCCSC4CCCC4)CC3)c2c1. The molecule has 0 bridgehead atoms. The van der Waals surface area contributed by atoms with Gasteiger partial charge in [0.25, 0.3) is 0 Å². The molecule has 1 atom stereocenters. The Morgan fingerprint density at radius 3 is 2.76 bits per heavy atom. The highest BCUT2D eigenvalue weighted by Gasteiger charge is 2.35. The molecule has 1 saturated carbocycles. The van der Waals surface area contributed by atoms with E-state index in [-0.39, 0.29) is 12.0 Å². The zero-order valence-corrected chi connectivity index (χ0v) is 21.9. The summed E-state index contributed by atoms with van der Waals surface area (Å²) in [5, 5.41) is 12.2. The molecular formula is C27H38ClFN2O2S. The van der Waals surface area contributed by atoms with Crippen LogP contribution in [0.2, 0.25) is 5.02 Å². The summed E-state index contributed by atoms with van der Waals surface area (Å²) in [6, 6.07) is 5.46. The number of benzene rings is 1. The van der Waals surface area contributed by atoms with Crippen molar-refractivity contribution in [1.82, 2.24) is 9.88 Å². The third-order valence-electron chi connectivity index (χ3n) is 7.84. The smallest absolute Gasteiger partial charge is 0.127 e. The topological polar surface area (TPSA) is 45.6 Å². The Morgan fingerprint density at radius 1 is 1.29 bits per heavy atom. The minimum atomic E-state index is -1.21. The van der Waals surface area contributed by atoms with Crippen molar-refractivity contribution in [3.63, 3.8) is 0 Å². The van der Waals surface area contributed by atoms with Gasteiger partial charge < -0.3 is 14.7 Å². The second-order valence-corrected chi connectivity index (χ2v) is 11.9. The van der Waals surface area contributed by atoms with E-state index in [0.29, 0.717) is 40.1 Å². The number of piperidine rings is 1.